The van der Waals surface area contributed by atoms with Crippen LogP contribution in [0.5, 0.6) is 0 Å². The van der Waals surface area contributed by atoms with Gasteiger partial charge in [-0.2, -0.15) is 0 Å². The smallest absolute Gasteiger partial charge is 0.414 e. The zero-order valence-corrected chi connectivity index (χ0v) is 42.4. The molecular formula is C60H56F2N8O8. The summed E-state index contributed by atoms with van der Waals surface area (Å²) in [6, 6.07) is 49.0. The van der Waals surface area contributed by atoms with Gasteiger partial charge in [0.2, 0.25) is 11.9 Å². The number of carboxylic acids is 2. The number of likely N-dealkylation sites (tertiary alicyclic amines) is 2. The average Bonchev–Trinajstić information content (AvgIpc) is 4.33. The molecule has 398 valence electrons. The van der Waals surface area contributed by atoms with Gasteiger partial charge in [-0.05, 0) is 110 Å². The van der Waals surface area contributed by atoms with E-state index in [0.717, 1.165) is 108 Å². The standard InChI is InChI=1S/2C29H27FN4O2.C2H2O4/c2*30-23-11-9-20(10-12-23)18-34-26-7-3-2-6-25(26)32-29(34)31-24-14-16-33(19-24)15-13-22-17-21-5-1-4-8-27(21)36-28(22)35;3-1(4)2(5)6/h2*1-12,17,24H,13-16,18-19H2,(H,31,32);(H,3,4)(H,5,6). The topological polar surface area (TPSA) is 201 Å². The van der Waals surface area contributed by atoms with Crippen molar-refractivity contribution >= 4 is 67.8 Å². The number of halogens is 2. The number of fused-ring (bicyclic) bond motifs is 4. The molecule has 4 aromatic heterocycles. The van der Waals surface area contributed by atoms with E-state index in [4.69, 9.17) is 38.6 Å². The Morgan fingerprint density at radius 1 is 0.538 bits per heavy atom. The first-order chi connectivity index (χ1) is 37.9. The molecule has 6 aromatic carbocycles. The molecule has 0 bridgehead atoms. The first kappa shape index (κ1) is 52.4. The van der Waals surface area contributed by atoms with Gasteiger partial charge in [-0.15, -0.1) is 0 Å². The van der Waals surface area contributed by atoms with Crippen molar-refractivity contribution in [2.45, 2.75) is 50.9 Å². The van der Waals surface area contributed by atoms with Crippen LogP contribution in [0.4, 0.5) is 20.7 Å². The van der Waals surface area contributed by atoms with E-state index in [1.54, 1.807) is 0 Å². The van der Waals surface area contributed by atoms with E-state index in [0.29, 0.717) is 48.2 Å². The lowest BCUT2D eigenvalue weighted by Crippen LogP contribution is -2.29. The molecule has 6 heterocycles. The maximum atomic E-state index is 13.4. The molecule has 10 aromatic rings. The zero-order valence-electron chi connectivity index (χ0n) is 42.4. The van der Waals surface area contributed by atoms with E-state index in [1.807, 2.05) is 121 Å². The van der Waals surface area contributed by atoms with Crippen LogP contribution in [0, 0.1) is 11.6 Å². The number of rotatable bonds is 14. The summed E-state index contributed by atoms with van der Waals surface area (Å²) in [4.78, 5) is 57.5. The zero-order chi connectivity index (χ0) is 54.1. The second kappa shape index (κ2) is 23.9. The van der Waals surface area contributed by atoms with Gasteiger partial charge in [0, 0.05) is 73.3 Å². The Morgan fingerprint density at radius 3 is 1.33 bits per heavy atom. The minimum atomic E-state index is -1.82. The Balaban J connectivity index is 0.000000160. The molecule has 2 aliphatic heterocycles. The second-order valence-electron chi connectivity index (χ2n) is 19.4. The van der Waals surface area contributed by atoms with Crippen molar-refractivity contribution < 1.29 is 37.4 Å². The van der Waals surface area contributed by atoms with Gasteiger partial charge in [0.25, 0.3) is 0 Å². The van der Waals surface area contributed by atoms with Crippen LogP contribution in [0.3, 0.4) is 0 Å². The number of carboxylic acid groups (broad SMARTS) is 2. The molecule has 78 heavy (non-hydrogen) atoms. The largest absolute Gasteiger partial charge is 0.473 e. The highest BCUT2D eigenvalue weighted by Crippen LogP contribution is 2.26. The lowest BCUT2D eigenvalue weighted by molar-refractivity contribution is -0.159. The van der Waals surface area contributed by atoms with Crippen molar-refractivity contribution in [1.82, 2.24) is 28.9 Å². The Kier molecular flexibility index (Phi) is 16.1. The molecule has 18 heteroatoms. The second-order valence-corrected chi connectivity index (χ2v) is 19.4. The number of aliphatic carboxylic acids is 2. The van der Waals surface area contributed by atoms with Gasteiger partial charge in [0.1, 0.15) is 22.8 Å². The number of nitrogens with zero attached hydrogens (tertiary/aromatic N) is 6. The fourth-order valence-electron chi connectivity index (χ4n) is 10.0. The lowest BCUT2D eigenvalue weighted by atomic mass is 10.1. The minimum Gasteiger partial charge on any atom is -0.473 e. The van der Waals surface area contributed by atoms with E-state index in [9.17, 15) is 18.4 Å². The van der Waals surface area contributed by atoms with E-state index in [2.05, 4.69) is 41.7 Å². The number of nitrogens with one attached hydrogen (secondary N) is 2. The molecule has 0 aliphatic carbocycles. The van der Waals surface area contributed by atoms with Crippen molar-refractivity contribution in [3.63, 3.8) is 0 Å². The molecule has 2 fully saturated rings. The predicted molar refractivity (Wildman–Crippen MR) is 295 cm³/mol. The number of imidazole rings is 2. The van der Waals surface area contributed by atoms with E-state index in [-0.39, 0.29) is 35.0 Å². The van der Waals surface area contributed by atoms with Gasteiger partial charge in [-0.25, -0.2) is 37.9 Å². The molecule has 0 radical (unpaired) electrons. The summed E-state index contributed by atoms with van der Waals surface area (Å²) in [5.74, 6) is -2.48. The van der Waals surface area contributed by atoms with Gasteiger partial charge in [-0.1, -0.05) is 84.9 Å². The number of carbonyl (C=O) groups is 2. The highest BCUT2D eigenvalue weighted by Gasteiger charge is 2.26. The van der Waals surface area contributed by atoms with E-state index < -0.39 is 11.9 Å². The number of benzene rings is 6. The van der Waals surface area contributed by atoms with Crippen molar-refractivity contribution in [2.75, 3.05) is 49.9 Å². The monoisotopic (exact) mass is 1050 g/mol. The van der Waals surface area contributed by atoms with E-state index >= 15 is 0 Å². The Labute approximate surface area is 445 Å². The molecule has 2 aliphatic rings. The van der Waals surface area contributed by atoms with Gasteiger partial charge < -0.3 is 48.6 Å². The third kappa shape index (κ3) is 12.8. The molecule has 2 unspecified atom stereocenters. The average molecular weight is 1060 g/mol. The van der Waals surface area contributed by atoms with Crippen LogP contribution >= 0.6 is 0 Å². The van der Waals surface area contributed by atoms with Crippen molar-refractivity contribution in [3.05, 3.63) is 212 Å². The molecule has 0 spiro atoms. The van der Waals surface area contributed by atoms with Crippen LogP contribution in [-0.2, 0) is 35.5 Å². The summed E-state index contributed by atoms with van der Waals surface area (Å²) in [6.07, 6.45) is 3.30. The van der Waals surface area contributed by atoms with Crippen molar-refractivity contribution in [1.29, 1.82) is 0 Å². The number of hydrogen-bond acceptors (Lipinski definition) is 12. The summed E-state index contributed by atoms with van der Waals surface area (Å²) >= 11 is 0. The fraction of sp³-hybridized carbons (Fsp3) is 0.233. The van der Waals surface area contributed by atoms with Gasteiger partial charge in [0.05, 0.1) is 35.2 Å². The van der Waals surface area contributed by atoms with Crippen LogP contribution in [0.1, 0.15) is 35.1 Å². The van der Waals surface area contributed by atoms with Gasteiger partial charge >= 0.3 is 23.2 Å². The van der Waals surface area contributed by atoms with Crippen LogP contribution in [-0.4, -0.2) is 102 Å². The number of aromatic nitrogens is 4. The SMILES string of the molecule is O=C(O)C(=O)O.O=c1oc2ccccc2cc1CCN1CCC(Nc2nc3ccccc3n2Cc2ccc(F)cc2)C1.O=c1oc2ccccc2cc1CCN1CCC(Nc2nc3ccccc3n2Cc2ccc(F)cc2)C1. The summed E-state index contributed by atoms with van der Waals surface area (Å²) < 4.78 is 42.1. The predicted octanol–water partition coefficient (Wildman–Crippen LogP) is 9.27. The Hall–Kier alpha value is -9.00. The van der Waals surface area contributed by atoms with Gasteiger partial charge in [0.15, 0.2) is 0 Å². The maximum Gasteiger partial charge on any atom is 0.414 e. The molecule has 16 nitrogen and oxygen atoms in total. The number of hydrogen-bond donors (Lipinski definition) is 4. The lowest BCUT2D eigenvalue weighted by Gasteiger charge is -2.18. The minimum absolute atomic E-state index is 0.236. The van der Waals surface area contributed by atoms with E-state index in [1.165, 1.54) is 24.3 Å². The molecule has 0 amide bonds. The van der Waals surface area contributed by atoms with Crippen LogP contribution in [0.25, 0.3) is 44.0 Å². The fourth-order valence-corrected chi connectivity index (χ4v) is 10.0. The number of para-hydroxylation sites is 6. The third-order valence-electron chi connectivity index (χ3n) is 14.0. The van der Waals surface area contributed by atoms with Crippen molar-refractivity contribution in [3.8, 4) is 0 Å². The molecule has 0 saturated carbocycles. The summed E-state index contributed by atoms with van der Waals surface area (Å²) in [5.41, 5.74) is 8.16. The molecular weight excluding hydrogens is 999 g/mol. The van der Waals surface area contributed by atoms with Gasteiger partial charge in [-0.3, -0.25) is 0 Å². The summed E-state index contributed by atoms with van der Waals surface area (Å²) in [5, 5.41) is 24.0. The summed E-state index contributed by atoms with van der Waals surface area (Å²) in [7, 11) is 0. The first-order valence-electron chi connectivity index (χ1n) is 25.8. The normalized spacial score (nSPS) is 15.5. The Morgan fingerprint density at radius 2 is 0.923 bits per heavy atom. The van der Waals surface area contributed by atoms with Crippen LogP contribution < -0.4 is 21.9 Å². The molecule has 2 atom stereocenters. The maximum absolute atomic E-state index is 13.4. The highest BCUT2D eigenvalue weighted by molar-refractivity contribution is 6.27. The summed E-state index contributed by atoms with van der Waals surface area (Å²) in [6.45, 7) is 6.47. The quantitative estimate of drug-likeness (QED) is 0.0593. The van der Waals surface area contributed by atoms with Crippen LogP contribution in [0.2, 0.25) is 0 Å². The Bertz CT molecular complexity index is 3610. The molecule has 2 saturated heterocycles. The third-order valence-corrected chi connectivity index (χ3v) is 14.0. The molecule has 4 N–H and O–H groups in total. The van der Waals surface area contributed by atoms with Crippen molar-refractivity contribution in [2.24, 2.45) is 0 Å². The highest BCUT2D eigenvalue weighted by atomic mass is 19.1. The van der Waals surface area contributed by atoms with Crippen LogP contribution in [0.15, 0.2) is 176 Å². The number of anilines is 2. The molecule has 12 rings (SSSR count). The first-order valence-corrected chi connectivity index (χ1v) is 25.8.